The van der Waals surface area contributed by atoms with Gasteiger partial charge in [0.15, 0.2) is 5.16 Å². The minimum atomic E-state index is -0.527. The monoisotopic (exact) mass is 448 g/mol. The number of benzene rings is 1. The molecule has 0 aliphatic rings. The Balaban J connectivity index is 1.78. The zero-order valence-corrected chi connectivity index (χ0v) is 18.2. The Bertz CT molecular complexity index is 1080. The molecule has 1 aromatic carbocycles. The Labute approximate surface area is 180 Å². The summed E-state index contributed by atoms with van der Waals surface area (Å²) in [6, 6.07) is 11.6. The zero-order chi connectivity index (χ0) is 20.8. The predicted molar refractivity (Wildman–Crippen MR) is 120 cm³/mol. The third-order valence-electron chi connectivity index (χ3n) is 3.86. The van der Waals surface area contributed by atoms with Crippen LogP contribution in [0.1, 0.15) is 17.4 Å². The van der Waals surface area contributed by atoms with Crippen molar-refractivity contribution in [1.29, 1.82) is 0 Å². The van der Waals surface area contributed by atoms with Crippen LogP contribution in [0.2, 0.25) is 0 Å². The van der Waals surface area contributed by atoms with Gasteiger partial charge in [-0.3, -0.25) is 19.8 Å². The maximum Gasteiger partial charge on any atom is 0.281 e. The van der Waals surface area contributed by atoms with Crippen LogP contribution in [0.5, 0.6) is 0 Å². The predicted octanol–water partition coefficient (Wildman–Crippen LogP) is 2.60. The van der Waals surface area contributed by atoms with Crippen LogP contribution in [0.4, 0.5) is 0 Å². The van der Waals surface area contributed by atoms with Crippen molar-refractivity contribution in [1.82, 2.24) is 9.66 Å². The van der Waals surface area contributed by atoms with E-state index in [1.807, 2.05) is 37.3 Å². The van der Waals surface area contributed by atoms with E-state index in [1.54, 1.807) is 6.07 Å². The summed E-state index contributed by atoms with van der Waals surface area (Å²) in [6.45, 7) is 2.00. The van der Waals surface area contributed by atoms with Crippen molar-refractivity contribution in [3.05, 3.63) is 57.2 Å². The summed E-state index contributed by atoms with van der Waals surface area (Å²) in [7, 11) is 0. The molecule has 0 atom stereocenters. The zero-order valence-electron chi connectivity index (χ0n) is 15.7. The first-order chi connectivity index (χ1) is 14.0. The highest BCUT2D eigenvalue weighted by atomic mass is 32.2. The number of carbonyl (C=O) groups is 2. The summed E-state index contributed by atoms with van der Waals surface area (Å²) in [4.78, 5) is 42.6. The molecule has 2 heterocycles. The first-order valence-corrected chi connectivity index (χ1v) is 11.8. The van der Waals surface area contributed by atoms with E-state index in [0.717, 1.165) is 33.3 Å². The minimum Gasteiger partial charge on any atom is -0.369 e. The molecule has 0 saturated carbocycles. The van der Waals surface area contributed by atoms with Gasteiger partial charge in [0.25, 0.3) is 5.56 Å². The van der Waals surface area contributed by atoms with Crippen LogP contribution in [0.15, 0.2) is 46.3 Å². The smallest absolute Gasteiger partial charge is 0.281 e. The van der Waals surface area contributed by atoms with Gasteiger partial charge in [0, 0.05) is 10.6 Å². The number of thiophene rings is 1. The van der Waals surface area contributed by atoms with E-state index in [0.29, 0.717) is 16.0 Å². The number of nitrogens with two attached hydrogens (primary N) is 1. The van der Waals surface area contributed by atoms with Gasteiger partial charge in [-0.15, -0.1) is 23.1 Å². The largest absolute Gasteiger partial charge is 0.369 e. The Morgan fingerprint density at radius 3 is 2.69 bits per heavy atom. The highest BCUT2D eigenvalue weighted by molar-refractivity contribution is 7.99. The fourth-order valence-electron chi connectivity index (χ4n) is 2.51. The summed E-state index contributed by atoms with van der Waals surface area (Å²) in [6.07, 6.45) is 0.784. The molecule has 0 aliphatic heterocycles. The number of rotatable bonds is 9. The summed E-state index contributed by atoms with van der Waals surface area (Å²) >= 11 is 3.90. The number of hydrogen-bond donors (Lipinski definition) is 2. The van der Waals surface area contributed by atoms with E-state index < -0.39 is 5.91 Å². The van der Waals surface area contributed by atoms with E-state index in [4.69, 9.17) is 5.73 Å². The lowest BCUT2D eigenvalue weighted by atomic mass is 10.2. The first-order valence-electron chi connectivity index (χ1n) is 8.86. The molecule has 3 aromatic rings. The third-order valence-corrected chi connectivity index (χ3v) is 7.00. The molecule has 10 heteroatoms. The second kappa shape index (κ2) is 9.95. The van der Waals surface area contributed by atoms with Crippen molar-refractivity contribution < 1.29 is 9.59 Å². The van der Waals surface area contributed by atoms with Crippen LogP contribution < -0.4 is 16.7 Å². The van der Waals surface area contributed by atoms with Crippen molar-refractivity contribution in [3.8, 4) is 0 Å². The maximum absolute atomic E-state index is 12.9. The number of aryl methyl sites for hydroxylation is 1. The number of fused-ring (bicyclic) bond motifs is 1. The first kappa shape index (κ1) is 21.4. The fraction of sp³-hybridized carbons (Fsp3) is 0.263. The summed E-state index contributed by atoms with van der Waals surface area (Å²) < 4.78 is 1.12. The van der Waals surface area contributed by atoms with Crippen LogP contribution in [0.25, 0.3) is 10.2 Å². The van der Waals surface area contributed by atoms with Crippen molar-refractivity contribution in [3.63, 3.8) is 0 Å². The summed E-state index contributed by atoms with van der Waals surface area (Å²) in [5, 5.41) is 0.694. The van der Waals surface area contributed by atoms with E-state index in [1.165, 1.54) is 23.1 Å². The van der Waals surface area contributed by atoms with E-state index in [-0.39, 0.29) is 28.1 Å². The maximum atomic E-state index is 12.9. The molecule has 0 radical (unpaired) electrons. The van der Waals surface area contributed by atoms with E-state index in [2.05, 4.69) is 10.4 Å². The van der Waals surface area contributed by atoms with Gasteiger partial charge in [-0.2, -0.15) is 4.68 Å². The van der Waals surface area contributed by atoms with Crippen molar-refractivity contribution in [2.75, 3.05) is 16.9 Å². The molecule has 152 valence electrons. The van der Waals surface area contributed by atoms with Crippen LogP contribution in [-0.4, -0.2) is 33.0 Å². The van der Waals surface area contributed by atoms with Gasteiger partial charge >= 0.3 is 0 Å². The molecule has 29 heavy (non-hydrogen) atoms. The molecular formula is C19H20N4O3S3. The Hall–Kier alpha value is -2.30. The van der Waals surface area contributed by atoms with Gasteiger partial charge in [0.2, 0.25) is 11.8 Å². The number of hydrogen-bond acceptors (Lipinski definition) is 7. The molecule has 2 amide bonds. The topological polar surface area (TPSA) is 107 Å². The fourth-order valence-corrected chi connectivity index (χ4v) is 4.99. The van der Waals surface area contributed by atoms with Gasteiger partial charge in [0.05, 0.1) is 16.9 Å². The van der Waals surface area contributed by atoms with Crippen LogP contribution in [0, 0.1) is 0 Å². The van der Waals surface area contributed by atoms with Gasteiger partial charge < -0.3 is 5.73 Å². The minimum absolute atomic E-state index is 0.0391. The average Bonchev–Trinajstić information content (AvgIpc) is 3.13. The number of nitrogens with zero attached hydrogens (tertiary/aromatic N) is 2. The van der Waals surface area contributed by atoms with Gasteiger partial charge in [-0.25, -0.2) is 4.98 Å². The highest BCUT2D eigenvalue weighted by Gasteiger charge is 2.17. The molecule has 0 saturated heterocycles. The molecular weight excluding hydrogens is 428 g/mol. The van der Waals surface area contributed by atoms with Crippen molar-refractivity contribution >= 4 is 56.9 Å². The number of carbonyl (C=O) groups excluding carboxylic acids is 2. The molecule has 2 aromatic heterocycles. The second-order valence-corrected chi connectivity index (χ2v) is 9.13. The standard InChI is InChI=1S/C19H20N4O3S3/c1-2-13-8-14-17(29-13)21-19(28-10-15(20)24)23(18(14)26)22-16(25)11-27-9-12-6-4-3-5-7-12/h3-8H,2,9-11H2,1H3,(H2,20,24)(H,22,25). The summed E-state index contributed by atoms with van der Waals surface area (Å²) in [5.41, 5.74) is 8.61. The lowest BCUT2D eigenvalue weighted by Crippen LogP contribution is -2.36. The van der Waals surface area contributed by atoms with Gasteiger partial charge in [0.1, 0.15) is 4.83 Å². The van der Waals surface area contributed by atoms with Crippen LogP contribution in [0.3, 0.4) is 0 Å². The highest BCUT2D eigenvalue weighted by Crippen LogP contribution is 2.24. The van der Waals surface area contributed by atoms with Crippen molar-refractivity contribution in [2.24, 2.45) is 5.73 Å². The molecule has 0 fully saturated rings. The Morgan fingerprint density at radius 1 is 1.24 bits per heavy atom. The number of amides is 2. The summed E-state index contributed by atoms with van der Waals surface area (Å²) in [5.74, 6) is -0.0121. The normalized spacial score (nSPS) is 10.9. The lowest BCUT2D eigenvalue weighted by molar-refractivity contribution is -0.116. The molecule has 0 bridgehead atoms. The number of primary amides is 1. The second-order valence-electron chi connectivity index (χ2n) is 6.09. The molecule has 3 rings (SSSR count). The molecule has 0 aliphatic carbocycles. The van der Waals surface area contributed by atoms with Crippen LogP contribution in [-0.2, 0) is 21.8 Å². The molecule has 7 nitrogen and oxygen atoms in total. The molecule has 0 spiro atoms. The molecule has 0 unspecified atom stereocenters. The van der Waals surface area contributed by atoms with Gasteiger partial charge in [-0.05, 0) is 18.1 Å². The van der Waals surface area contributed by atoms with Crippen molar-refractivity contribution in [2.45, 2.75) is 24.3 Å². The average molecular weight is 449 g/mol. The lowest BCUT2D eigenvalue weighted by Gasteiger charge is -2.12. The number of nitrogens with one attached hydrogen (secondary N) is 1. The Kier molecular flexibility index (Phi) is 7.34. The Morgan fingerprint density at radius 2 is 2.00 bits per heavy atom. The third kappa shape index (κ3) is 5.62. The number of aromatic nitrogens is 2. The quantitative estimate of drug-likeness (QED) is 0.385. The van der Waals surface area contributed by atoms with Gasteiger partial charge in [-0.1, -0.05) is 49.0 Å². The van der Waals surface area contributed by atoms with E-state index >= 15 is 0 Å². The SMILES string of the molecule is CCc1cc2c(=O)n(NC(=O)CSCc3ccccc3)c(SCC(N)=O)nc2s1. The number of thioether (sulfide) groups is 2. The van der Waals surface area contributed by atoms with Crippen LogP contribution >= 0.6 is 34.9 Å². The molecule has 3 N–H and O–H groups in total. The van der Waals surface area contributed by atoms with E-state index in [9.17, 15) is 14.4 Å².